The second kappa shape index (κ2) is 6.02. The molecule has 4 rings (SSSR count). The first-order valence-electron chi connectivity index (χ1n) is 8.81. The lowest BCUT2D eigenvalue weighted by Crippen LogP contribution is -2.36. The van der Waals surface area contributed by atoms with E-state index in [1.807, 2.05) is 7.05 Å². The molecule has 2 aromatic heterocycles. The van der Waals surface area contributed by atoms with Gasteiger partial charge in [0.15, 0.2) is 5.65 Å². The number of piperidine rings is 1. The number of rotatable bonds is 2. The molecular formula is C19H23N5O. The van der Waals surface area contributed by atoms with E-state index < -0.39 is 0 Å². The second-order valence-corrected chi connectivity index (χ2v) is 6.89. The molecule has 3 aromatic rings. The smallest absolute Gasteiger partial charge is 0.263 e. The Morgan fingerprint density at radius 3 is 2.92 bits per heavy atom. The Kier molecular flexibility index (Phi) is 3.82. The number of benzene rings is 1. The molecule has 0 amide bonds. The zero-order chi connectivity index (χ0) is 17.6. The molecule has 3 heterocycles. The van der Waals surface area contributed by atoms with Crippen LogP contribution >= 0.6 is 0 Å². The van der Waals surface area contributed by atoms with E-state index in [1.165, 1.54) is 23.1 Å². The van der Waals surface area contributed by atoms with Crippen molar-refractivity contribution < 1.29 is 0 Å². The summed E-state index contributed by atoms with van der Waals surface area (Å²) in [7, 11) is 1.82. The molecule has 6 nitrogen and oxygen atoms in total. The van der Waals surface area contributed by atoms with Gasteiger partial charge in [-0.3, -0.25) is 14.5 Å². The van der Waals surface area contributed by atoms with E-state index in [4.69, 9.17) is 4.98 Å². The Morgan fingerprint density at radius 1 is 1.24 bits per heavy atom. The van der Waals surface area contributed by atoms with E-state index >= 15 is 0 Å². The first-order valence-corrected chi connectivity index (χ1v) is 8.81. The molecule has 1 saturated heterocycles. The highest BCUT2D eigenvalue weighted by Crippen LogP contribution is 2.35. The first-order chi connectivity index (χ1) is 12.1. The number of nitrogens with one attached hydrogen (secondary N) is 1. The molecule has 25 heavy (non-hydrogen) atoms. The molecule has 0 aliphatic carbocycles. The van der Waals surface area contributed by atoms with Crippen molar-refractivity contribution in [1.29, 1.82) is 0 Å². The van der Waals surface area contributed by atoms with Gasteiger partial charge in [-0.15, -0.1) is 0 Å². The standard InChI is InChI=1S/C19H23N5O/c1-12-7-6-8-14(13(12)2)16-9-4-5-10-24(16)19-21-17-15(18(25)22-19)11-20-23(17)3/h6-8,11,16H,4-5,9-10H2,1-3H3,(H,21,22,25). The van der Waals surface area contributed by atoms with Gasteiger partial charge in [0.2, 0.25) is 5.95 Å². The summed E-state index contributed by atoms with van der Waals surface area (Å²) in [5.41, 5.74) is 4.45. The van der Waals surface area contributed by atoms with E-state index in [0.29, 0.717) is 17.0 Å². The molecule has 0 saturated carbocycles. The molecule has 1 fully saturated rings. The molecule has 1 aliphatic heterocycles. The topological polar surface area (TPSA) is 66.8 Å². The summed E-state index contributed by atoms with van der Waals surface area (Å²) >= 11 is 0. The molecule has 6 heteroatoms. The highest BCUT2D eigenvalue weighted by molar-refractivity contribution is 5.74. The lowest BCUT2D eigenvalue weighted by atomic mass is 9.91. The Bertz CT molecular complexity index is 987. The molecule has 1 aromatic carbocycles. The fourth-order valence-corrected chi connectivity index (χ4v) is 3.80. The van der Waals surface area contributed by atoms with E-state index in [1.54, 1.807) is 10.9 Å². The average Bonchev–Trinajstić information content (AvgIpc) is 2.99. The molecule has 1 N–H and O–H groups in total. The normalized spacial score (nSPS) is 18.0. The molecule has 1 atom stereocenters. The van der Waals surface area contributed by atoms with Crippen LogP contribution in [0.15, 0.2) is 29.2 Å². The number of aromatic nitrogens is 4. The van der Waals surface area contributed by atoms with Gasteiger partial charge in [0.25, 0.3) is 5.56 Å². The number of aromatic amines is 1. The van der Waals surface area contributed by atoms with Crippen LogP contribution in [0, 0.1) is 13.8 Å². The number of H-pyrrole nitrogens is 1. The largest absolute Gasteiger partial charge is 0.335 e. The second-order valence-electron chi connectivity index (χ2n) is 6.89. The summed E-state index contributed by atoms with van der Waals surface area (Å²) in [6, 6.07) is 6.70. The van der Waals surface area contributed by atoms with Gasteiger partial charge in [-0.2, -0.15) is 10.1 Å². The lowest BCUT2D eigenvalue weighted by Gasteiger charge is -2.37. The first kappa shape index (κ1) is 15.9. The third-order valence-electron chi connectivity index (χ3n) is 5.37. The van der Waals surface area contributed by atoms with Crippen LogP contribution in [0.25, 0.3) is 11.0 Å². The summed E-state index contributed by atoms with van der Waals surface area (Å²) in [4.78, 5) is 22.4. The van der Waals surface area contributed by atoms with Crippen molar-refractivity contribution >= 4 is 17.0 Å². The highest BCUT2D eigenvalue weighted by atomic mass is 16.1. The van der Waals surface area contributed by atoms with E-state index in [0.717, 1.165) is 19.4 Å². The summed E-state index contributed by atoms with van der Waals surface area (Å²) < 4.78 is 1.66. The van der Waals surface area contributed by atoms with Crippen LogP contribution in [-0.2, 0) is 7.05 Å². The third kappa shape index (κ3) is 2.62. The van der Waals surface area contributed by atoms with Crippen LogP contribution in [0.1, 0.15) is 42.0 Å². The fraction of sp³-hybridized carbons (Fsp3) is 0.421. The minimum atomic E-state index is -0.126. The average molecular weight is 337 g/mol. The van der Waals surface area contributed by atoms with Crippen molar-refractivity contribution in [3.05, 3.63) is 51.4 Å². The van der Waals surface area contributed by atoms with Crippen molar-refractivity contribution in [2.75, 3.05) is 11.4 Å². The van der Waals surface area contributed by atoms with Gasteiger partial charge in [0.1, 0.15) is 5.39 Å². The van der Waals surface area contributed by atoms with Crippen molar-refractivity contribution in [2.24, 2.45) is 7.05 Å². The number of hydrogen-bond acceptors (Lipinski definition) is 4. The lowest BCUT2D eigenvalue weighted by molar-refractivity contribution is 0.464. The predicted molar refractivity (Wildman–Crippen MR) is 99.0 cm³/mol. The molecule has 0 spiro atoms. The predicted octanol–water partition coefficient (Wildman–Crippen LogP) is 3.01. The zero-order valence-corrected chi connectivity index (χ0v) is 14.9. The number of aryl methyl sites for hydroxylation is 2. The highest BCUT2D eigenvalue weighted by Gasteiger charge is 2.27. The van der Waals surface area contributed by atoms with Crippen LogP contribution < -0.4 is 10.5 Å². The number of nitrogens with zero attached hydrogens (tertiary/aromatic N) is 4. The van der Waals surface area contributed by atoms with E-state index in [2.05, 4.69) is 47.0 Å². The molecule has 130 valence electrons. The van der Waals surface area contributed by atoms with Crippen molar-refractivity contribution in [2.45, 2.75) is 39.2 Å². The minimum Gasteiger partial charge on any atom is -0.335 e. The van der Waals surface area contributed by atoms with Crippen molar-refractivity contribution in [3.63, 3.8) is 0 Å². The van der Waals surface area contributed by atoms with Gasteiger partial charge in [0.05, 0.1) is 12.2 Å². The van der Waals surface area contributed by atoms with Crippen molar-refractivity contribution in [1.82, 2.24) is 19.7 Å². The summed E-state index contributed by atoms with van der Waals surface area (Å²) in [6.45, 7) is 5.22. The summed E-state index contributed by atoms with van der Waals surface area (Å²) in [5.74, 6) is 0.645. The van der Waals surface area contributed by atoms with Crippen LogP contribution in [0.5, 0.6) is 0 Å². The summed E-state index contributed by atoms with van der Waals surface area (Å²) in [6.07, 6.45) is 4.93. The van der Waals surface area contributed by atoms with Crippen LogP contribution in [0.3, 0.4) is 0 Å². The van der Waals surface area contributed by atoms with E-state index in [-0.39, 0.29) is 11.6 Å². The summed E-state index contributed by atoms with van der Waals surface area (Å²) in [5, 5.41) is 4.70. The number of hydrogen-bond donors (Lipinski definition) is 1. The number of fused-ring (bicyclic) bond motifs is 1. The Balaban J connectivity index is 1.83. The Morgan fingerprint density at radius 2 is 2.08 bits per heavy atom. The fourth-order valence-electron chi connectivity index (χ4n) is 3.80. The van der Waals surface area contributed by atoms with Crippen LogP contribution in [0.4, 0.5) is 5.95 Å². The molecular weight excluding hydrogens is 314 g/mol. The van der Waals surface area contributed by atoms with Crippen LogP contribution in [0.2, 0.25) is 0 Å². The monoisotopic (exact) mass is 337 g/mol. The molecule has 1 unspecified atom stereocenters. The molecule has 1 aliphatic rings. The maximum Gasteiger partial charge on any atom is 0.263 e. The van der Waals surface area contributed by atoms with Gasteiger partial charge < -0.3 is 4.90 Å². The Labute approximate surface area is 146 Å². The minimum absolute atomic E-state index is 0.126. The SMILES string of the molecule is Cc1cccc(C2CCCCN2c2nc3c(cnn3C)c(=O)[nH]2)c1C. The molecule has 0 radical (unpaired) electrons. The van der Waals surface area contributed by atoms with Crippen molar-refractivity contribution in [3.8, 4) is 0 Å². The maximum absolute atomic E-state index is 12.4. The third-order valence-corrected chi connectivity index (χ3v) is 5.37. The Hall–Kier alpha value is -2.63. The van der Waals surface area contributed by atoms with Gasteiger partial charge in [0, 0.05) is 13.6 Å². The zero-order valence-electron chi connectivity index (χ0n) is 14.9. The molecule has 0 bridgehead atoms. The number of anilines is 1. The van der Waals surface area contributed by atoms with Gasteiger partial charge in [-0.05, 0) is 49.8 Å². The van der Waals surface area contributed by atoms with Gasteiger partial charge in [-0.25, -0.2) is 0 Å². The van der Waals surface area contributed by atoms with Crippen LogP contribution in [-0.4, -0.2) is 26.3 Å². The maximum atomic E-state index is 12.4. The quantitative estimate of drug-likeness (QED) is 0.780. The van der Waals surface area contributed by atoms with E-state index in [9.17, 15) is 4.79 Å². The van der Waals surface area contributed by atoms with Gasteiger partial charge >= 0.3 is 0 Å². The van der Waals surface area contributed by atoms with Gasteiger partial charge in [-0.1, -0.05) is 18.2 Å².